The Morgan fingerprint density at radius 1 is 0.925 bits per heavy atom. The second-order valence-electron chi connectivity index (χ2n) is 9.75. The summed E-state index contributed by atoms with van der Waals surface area (Å²) in [6.45, 7) is 7.80. The predicted molar refractivity (Wildman–Crippen MR) is 158 cm³/mol. The van der Waals surface area contributed by atoms with Gasteiger partial charge in [-0.05, 0) is 56.5 Å². The van der Waals surface area contributed by atoms with Crippen LogP contribution in [0.2, 0.25) is 0 Å². The van der Waals surface area contributed by atoms with Crippen LogP contribution in [0.1, 0.15) is 43.4 Å². The Morgan fingerprint density at radius 3 is 2.12 bits per heavy atom. The van der Waals surface area contributed by atoms with E-state index in [1.807, 2.05) is 52.0 Å². The van der Waals surface area contributed by atoms with Crippen LogP contribution in [-0.4, -0.2) is 51.4 Å². The van der Waals surface area contributed by atoms with Gasteiger partial charge >= 0.3 is 0 Å². The normalized spacial score (nSPS) is 11.9. The van der Waals surface area contributed by atoms with Crippen molar-refractivity contribution < 1.29 is 22.7 Å². The van der Waals surface area contributed by atoms with Crippen LogP contribution in [-0.2, 0) is 26.2 Å². The number of carbonyl (C=O) groups is 2. The molecule has 3 rings (SSSR count). The highest BCUT2D eigenvalue weighted by molar-refractivity contribution is 7.92. The number of aryl methyl sites for hydroxylation is 2. The highest BCUT2D eigenvalue weighted by Gasteiger charge is 2.33. The summed E-state index contributed by atoms with van der Waals surface area (Å²) in [5.41, 5.74) is 3.11. The molecule has 0 bridgehead atoms. The molecule has 2 amide bonds. The van der Waals surface area contributed by atoms with E-state index in [4.69, 9.17) is 4.74 Å². The fourth-order valence-corrected chi connectivity index (χ4v) is 5.71. The average Bonchev–Trinajstić information content (AvgIpc) is 2.95. The molecule has 0 radical (unpaired) electrons. The molecule has 3 aromatic rings. The average molecular weight is 566 g/mol. The number of methoxy groups -OCH3 is 1. The van der Waals surface area contributed by atoms with Crippen LogP contribution in [0.25, 0.3) is 0 Å². The molecule has 8 nitrogen and oxygen atoms in total. The Bertz CT molecular complexity index is 1390. The van der Waals surface area contributed by atoms with Crippen molar-refractivity contribution in [3.63, 3.8) is 0 Å². The molecule has 0 heterocycles. The van der Waals surface area contributed by atoms with Crippen molar-refractivity contribution in [2.24, 2.45) is 0 Å². The van der Waals surface area contributed by atoms with Gasteiger partial charge in [-0.15, -0.1) is 0 Å². The fourth-order valence-electron chi connectivity index (χ4n) is 4.31. The molecular formula is C31H39N3O5S. The van der Waals surface area contributed by atoms with Crippen molar-refractivity contribution in [1.82, 2.24) is 10.2 Å². The zero-order valence-corrected chi connectivity index (χ0v) is 24.7. The minimum Gasteiger partial charge on any atom is -0.497 e. The number of rotatable bonds is 13. The fraction of sp³-hybridized carbons (Fsp3) is 0.355. The van der Waals surface area contributed by atoms with Crippen LogP contribution < -0.4 is 14.4 Å². The van der Waals surface area contributed by atoms with Crippen molar-refractivity contribution >= 4 is 27.5 Å². The number of nitrogens with one attached hydrogen (secondary N) is 1. The summed E-state index contributed by atoms with van der Waals surface area (Å²) < 4.78 is 34.3. The number of hydrogen-bond acceptors (Lipinski definition) is 5. The minimum atomic E-state index is -4.14. The number of amides is 2. The lowest BCUT2D eigenvalue weighted by Gasteiger charge is -2.33. The third kappa shape index (κ3) is 7.63. The molecule has 1 N–H and O–H groups in total. The molecule has 0 unspecified atom stereocenters. The van der Waals surface area contributed by atoms with Gasteiger partial charge in [0.1, 0.15) is 18.3 Å². The maximum atomic E-state index is 14.1. The summed E-state index contributed by atoms with van der Waals surface area (Å²) >= 11 is 0. The van der Waals surface area contributed by atoms with Gasteiger partial charge in [0.25, 0.3) is 10.0 Å². The van der Waals surface area contributed by atoms with E-state index in [1.54, 1.807) is 36.4 Å². The predicted octanol–water partition coefficient (Wildman–Crippen LogP) is 4.84. The zero-order valence-electron chi connectivity index (χ0n) is 23.9. The Morgan fingerprint density at radius 2 is 1.55 bits per heavy atom. The van der Waals surface area contributed by atoms with E-state index in [1.165, 1.54) is 24.1 Å². The van der Waals surface area contributed by atoms with Gasteiger partial charge in [0.15, 0.2) is 0 Å². The molecule has 0 saturated heterocycles. The topological polar surface area (TPSA) is 96.0 Å². The van der Waals surface area contributed by atoms with E-state index in [0.717, 1.165) is 27.4 Å². The van der Waals surface area contributed by atoms with Crippen LogP contribution >= 0.6 is 0 Å². The number of anilines is 1. The second kappa shape index (κ2) is 14.0. The standard InChI is InChI=1S/C31H39N3O5S/c1-6-19-32-31(36)29(7-2)33(21-25-15-11-23(3)12-16-25)30(35)22-34(26-9-8-10-27(20-26)39-5)40(37,38)28-17-13-24(4)14-18-28/h8-18,20,29H,6-7,19,21-22H2,1-5H3,(H,32,36)/t29-/m0/s1. The summed E-state index contributed by atoms with van der Waals surface area (Å²) in [6, 6.07) is 20.0. The van der Waals surface area contributed by atoms with Crippen LogP contribution in [0.15, 0.2) is 77.7 Å². The van der Waals surface area contributed by atoms with E-state index in [0.29, 0.717) is 18.7 Å². The van der Waals surface area contributed by atoms with Crippen molar-refractivity contribution in [3.05, 3.63) is 89.5 Å². The highest BCUT2D eigenvalue weighted by Crippen LogP contribution is 2.28. The Labute approximate surface area is 238 Å². The largest absolute Gasteiger partial charge is 0.497 e. The smallest absolute Gasteiger partial charge is 0.264 e. The molecule has 0 aromatic heterocycles. The van der Waals surface area contributed by atoms with Gasteiger partial charge < -0.3 is 15.0 Å². The summed E-state index contributed by atoms with van der Waals surface area (Å²) in [7, 11) is -2.65. The van der Waals surface area contributed by atoms with Gasteiger partial charge in [0, 0.05) is 19.2 Å². The van der Waals surface area contributed by atoms with E-state index in [9.17, 15) is 18.0 Å². The number of ether oxygens (including phenoxy) is 1. The van der Waals surface area contributed by atoms with Crippen molar-refractivity contribution in [2.45, 2.75) is 58.0 Å². The van der Waals surface area contributed by atoms with Gasteiger partial charge in [0.2, 0.25) is 11.8 Å². The quantitative estimate of drug-likeness (QED) is 0.320. The lowest BCUT2D eigenvalue weighted by Crippen LogP contribution is -2.52. The molecule has 0 aliphatic carbocycles. The molecule has 0 aliphatic heterocycles. The van der Waals surface area contributed by atoms with Gasteiger partial charge in [-0.1, -0.05) is 67.4 Å². The lowest BCUT2D eigenvalue weighted by molar-refractivity contribution is -0.140. The van der Waals surface area contributed by atoms with Crippen LogP contribution in [0.5, 0.6) is 5.75 Å². The van der Waals surface area contributed by atoms with Crippen LogP contribution in [0.3, 0.4) is 0 Å². The monoisotopic (exact) mass is 565 g/mol. The molecule has 1 atom stereocenters. The summed E-state index contributed by atoms with van der Waals surface area (Å²) in [5, 5.41) is 2.89. The summed E-state index contributed by atoms with van der Waals surface area (Å²) in [5.74, 6) is -0.298. The lowest BCUT2D eigenvalue weighted by atomic mass is 10.1. The van der Waals surface area contributed by atoms with Crippen LogP contribution in [0, 0.1) is 13.8 Å². The number of sulfonamides is 1. The van der Waals surface area contributed by atoms with Crippen molar-refractivity contribution in [2.75, 3.05) is 24.5 Å². The third-order valence-electron chi connectivity index (χ3n) is 6.64. The Balaban J connectivity index is 2.06. The molecule has 9 heteroatoms. The molecule has 0 spiro atoms. The SMILES string of the molecule is CCCNC(=O)[C@H](CC)N(Cc1ccc(C)cc1)C(=O)CN(c1cccc(OC)c1)S(=O)(=O)c1ccc(C)cc1. The molecular weight excluding hydrogens is 526 g/mol. The molecule has 40 heavy (non-hydrogen) atoms. The molecule has 3 aromatic carbocycles. The number of hydrogen-bond donors (Lipinski definition) is 1. The third-order valence-corrected chi connectivity index (χ3v) is 8.43. The van der Waals surface area contributed by atoms with Crippen LogP contribution in [0.4, 0.5) is 5.69 Å². The zero-order chi connectivity index (χ0) is 29.3. The second-order valence-corrected chi connectivity index (χ2v) is 11.6. The van der Waals surface area contributed by atoms with Gasteiger partial charge in [-0.25, -0.2) is 8.42 Å². The van der Waals surface area contributed by atoms with Gasteiger partial charge in [0.05, 0.1) is 17.7 Å². The maximum absolute atomic E-state index is 14.1. The summed E-state index contributed by atoms with van der Waals surface area (Å²) in [4.78, 5) is 28.8. The molecule has 214 valence electrons. The number of benzene rings is 3. The van der Waals surface area contributed by atoms with Crippen molar-refractivity contribution in [1.29, 1.82) is 0 Å². The first-order valence-corrected chi connectivity index (χ1v) is 14.9. The van der Waals surface area contributed by atoms with Crippen molar-refractivity contribution in [3.8, 4) is 5.75 Å². The van der Waals surface area contributed by atoms with E-state index >= 15 is 0 Å². The minimum absolute atomic E-state index is 0.0616. The van der Waals surface area contributed by atoms with E-state index in [2.05, 4.69) is 5.32 Å². The number of carbonyl (C=O) groups excluding carboxylic acids is 2. The maximum Gasteiger partial charge on any atom is 0.264 e. The first-order valence-electron chi connectivity index (χ1n) is 13.5. The highest BCUT2D eigenvalue weighted by atomic mass is 32.2. The Hall–Kier alpha value is -3.85. The summed E-state index contributed by atoms with van der Waals surface area (Å²) in [6.07, 6.45) is 1.13. The molecule has 0 fully saturated rings. The first-order chi connectivity index (χ1) is 19.1. The van der Waals surface area contributed by atoms with E-state index < -0.39 is 28.5 Å². The van der Waals surface area contributed by atoms with E-state index in [-0.39, 0.29) is 23.0 Å². The number of nitrogens with zero attached hydrogens (tertiary/aromatic N) is 2. The molecule has 0 aliphatic rings. The molecule has 0 saturated carbocycles. The Kier molecular flexibility index (Phi) is 10.7. The first kappa shape index (κ1) is 30.7. The van der Waals surface area contributed by atoms with Gasteiger partial charge in [-0.2, -0.15) is 0 Å². The van der Waals surface area contributed by atoms with Gasteiger partial charge in [-0.3, -0.25) is 13.9 Å².